The predicted octanol–water partition coefficient (Wildman–Crippen LogP) is 3.14. The van der Waals surface area contributed by atoms with E-state index in [0.717, 1.165) is 12.8 Å². The molecule has 1 aromatic carbocycles. The molecule has 9 heteroatoms. The van der Waals surface area contributed by atoms with Gasteiger partial charge in [0.25, 0.3) is 5.56 Å². The highest BCUT2D eigenvalue weighted by molar-refractivity contribution is 5.81. The van der Waals surface area contributed by atoms with Crippen molar-refractivity contribution in [3.05, 3.63) is 64.1 Å². The van der Waals surface area contributed by atoms with Gasteiger partial charge in [-0.05, 0) is 25.0 Å². The highest BCUT2D eigenvalue weighted by Gasteiger charge is 2.24. The van der Waals surface area contributed by atoms with Crippen molar-refractivity contribution in [2.45, 2.75) is 18.9 Å². The maximum atomic E-state index is 14.5. The van der Waals surface area contributed by atoms with Crippen molar-refractivity contribution >= 4 is 11.6 Å². The summed E-state index contributed by atoms with van der Waals surface area (Å²) >= 11 is 0. The lowest BCUT2D eigenvalue weighted by atomic mass is 10.0. The minimum atomic E-state index is -0.663. The minimum Gasteiger partial charge on any atom is -0.481 e. The Morgan fingerprint density at radius 2 is 1.94 bits per heavy atom. The van der Waals surface area contributed by atoms with E-state index in [9.17, 15) is 9.18 Å². The Hall–Kier alpha value is -3.77. The fraction of sp³-hybridized carbons (Fsp3) is 0.304. The number of benzene rings is 1. The number of anilines is 1. The van der Waals surface area contributed by atoms with Gasteiger partial charge in [0.2, 0.25) is 17.5 Å². The van der Waals surface area contributed by atoms with Crippen LogP contribution in [0.25, 0.3) is 27.2 Å². The van der Waals surface area contributed by atoms with E-state index in [1.165, 1.54) is 30.0 Å². The van der Waals surface area contributed by atoms with E-state index in [0.29, 0.717) is 47.3 Å². The fourth-order valence-corrected chi connectivity index (χ4v) is 3.84. The van der Waals surface area contributed by atoms with Gasteiger partial charge in [-0.2, -0.15) is 0 Å². The van der Waals surface area contributed by atoms with Crippen LogP contribution in [0.5, 0.6) is 5.88 Å². The van der Waals surface area contributed by atoms with Gasteiger partial charge in [-0.25, -0.2) is 19.2 Å². The first-order chi connectivity index (χ1) is 15.4. The summed E-state index contributed by atoms with van der Waals surface area (Å²) in [6.07, 6.45) is 3.12. The average Bonchev–Trinajstić information content (AvgIpc) is 2.81. The number of aromatic nitrogens is 3. The highest BCUT2D eigenvalue weighted by Crippen LogP contribution is 2.32. The summed E-state index contributed by atoms with van der Waals surface area (Å²) in [5.74, 6) is 0.245. The summed E-state index contributed by atoms with van der Waals surface area (Å²) in [6, 6.07) is 7.74. The third-order valence-electron chi connectivity index (χ3n) is 5.67. The molecule has 3 heterocycles. The normalized spacial score (nSPS) is 14.3. The number of nitrogens with zero attached hydrogens (tertiary/aromatic N) is 5. The number of piperidine rings is 1. The Kier molecular flexibility index (Phi) is 5.88. The monoisotopic (exact) mass is 434 g/mol. The van der Waals surface area contributed by atoms with Crippen molar-refractivity contribution in [3.63, 3.8) is 0 Å². The molecule has 0 saturated carbocycles. The van der Waals surface area contributed by atoms with E-state index in [4.69, 9.17) is 22.0 Å². The van der Waals surface area contributed by atoms with Crippen LogP contribution in [0.2, 0.25) is 0 Å². The van der Waals surface area contributed by atoms with Gasteiger partial charge in [-0.15, -0.1) is 0 Å². The van der Waals surface area contributed by atoms with Crippen LogP contribution in [-0.2, 0) is 7.05 Å². The second-order valence-electron chi connectivity index (χ2n) is 7.69. The molecule has 1 saturated heterocycles. The number of halogens is 1. The van der Waals surface area contributed by atoms with Crippen molar-refractivity contribution in [1.82, 2.24) is 14.5 Å². The first kappa shape index (κ1) is 21.5. The van der Waals surface area contributed by atoms with E-state index >= 15 is 0 Å². The number of hydrogen-bond acceptors (Lipinski definition) is 6. The summed E-state index contributed by atoms with van der Waals surface area (Å²) in [5, 5.41) is 0. The number of rotatable bonds is 4. The average molecular weight is 434 g/mol. The van der Waals surface area contributed by atoms with Crippen LogP contribution in [-0.4, -0.2) is 40.8 Å². The van der Waals surface area contributed by atoms with E-state index in [1.54, 1.807) is 25.2 Å². The zero-order valence-electron chi connectivity index (χ0n) is 17.9. The van der Waals surface area contributed by atoms with Gasteiger partial charge in [0.1, 0.15) is 5.82 Å². The van der Waals surface area contributed by atoms with Crippen LogP contribution in [0.1, 0.15) is 12.8 Å². The molecule has 164 valence electrons. The minimum absolute atomic E-state index is 0.0875. The zero-order valence-corrected chi connectivity index (χ0v) is 17.9. The molecule has 1 aliphatic rings. The number of nitrogens with two attached hydrogens (primary N) is 1. The third kappa shape index (κ3) is 3.92. The van der Waals surface area contributed by atoms with Gasteiger partial charge < -0.3 is 15.4 Å². The predicted molar refractivity (Wildman–Crippen MR) is 120 cm³/mol. The van der Waals surface area contributed by atoms with Crippen molar-refractivity contribution in [3.8, 4) is 28.3 Å². The van der Waals surface area contributed by atoms with Crippen molar-refractivity contribution in [2.24, 2.45) is 12.8 Å². The van der Waals surface area contributed by atoms with Gasteiger partial charge in [-0.3, -0.25) is 9.36 Å². The molecule has 0 spiro atoms. The number of hydrogen-bond donors (Lipinski definition) is 1. The molecule has 3 aromatic rings. The molecule has 0 unspecified atom stereocenters. The standard InChI is InChI=1S/C23H23FN6O2/c1-26-18-6-4-14(12-17(18)24)21-20(15-5-7-19(32-3)27-13-15)22(31)29(2)23(28-21)30-10-8-16(25)9-11-30/h4-7,12-13,16H,8-11,25H2,2-3H3. The zero-order chi connectivity index (χ0) is 22.8. The molecule has 0 radical (unpaired) electrons. The molecule has 4 rings (SSSR count). The molecule has 0 atom stereocenters. The largest absolute Gasteiger partial charge is 0.481 e. The van der Waals surface area contributed by atoms with Crippen molar-refractivity contribution < 1.29 is 9.13 Å². The van der Waals surface area contributed by atoms with Gasteiger partial charge in [0.15, 0.2) is 0 Å². The number of pyridine rings is 1. The Bertz CT molecular complexity index is 1240. The highest BCUT2D eigenvalue weighted by atomic mass is 19.1. The molecular weight excluding hydrogens is 411 g/mol. The quantitative estimate of drug-likeness (QED) is 0.635. The molecule has 32 heavy (non-hydrogen) atoms. The van der Waals surface area contributed by atoms with E-state index < -0.39 is 5.82 Å². The molecular formula is C23H23FN6O2. The molecule has 1 aliphatic heterocycles. The topological polar surface area (TPSA) is 90.6 Å². The molecule has 0 bridgehead atoms. The van der Waals surface area contributed by atoms with Crippen LogP contribution in [0, 0.1) is 12.4 Å². The lowest BCUT2D eigenvalue weighted by Gasteiger charge is -2.32. The summed E-state index contributed by atoms with van der Waals surface area (Å²) < 4.78 is 21.1. The number of methoxy groups -OCH3 is 1. The second kappa shape index (κ2) is 8.77. The maximum Gasteiger partial charge on any atom is 0.263 e. The fourth-order valence-electron chi connectivity index (χ4n) is 3.84. The molecule has 0 amide bonds. The summed E-state index contributed by atoms with van der Waals surface area (Å²) in [6.45, 7) is 8.45. The smallest absolute Gasteiger partial charge is 0.263 e. The second-order valence-corrected chi connectivity index (χ2v) is 7.69. The van der Waals surface area contributed by atoms with Crippen LogP contribution < -0.4 is 20.9 Å². The van der Waals surface area contributed by atoms with Crippen molar-refractivity contribution in [2.75, 3.05) is 25.1 Å². The Morgan fingerprint density at radius 3 is 2.53 bits per heavy atom. The van der Waals surface area contributed by atoms with Gasteiger partial charge >= 0.3 is 0 Å². The van der Waals surface area contributed by atoms with Crippen molar-refractivity contribution in [1.29, 1.82) is 0 Å². The molecule has 0 aliphatic carbocycles. The molecule has 8 nitrogen and oxygen atoms in total. The summed E-state index contributed by atoms with van der Waals surface area (Å²) in [5.41, 5.74) is 7.25. The maximum absolute atomic E-state index is 14.5. The summed E-state index contributed by atoms with van der Waals surface area (Å²) in [4.78, 5) is 27.7. The van der Waals surface area contributed by atoms with E-state index in [1.807, 2.05) is 4.90 Å². The molecule has 1 fully saturated rings. The van der Waals surface area contributed by atoms with E-state index in [2.05, 4.69) is 9.83 Å². The Labute approximate surface area is 184 Å². The SMILES string of the molecule is [C-]#[N+]c1ccc(-c2nc(N3CCC(N)CC3)n(C)c(=O)c2-c2ccc(OC)nc2)cc1F. The van der Waals surface area contributed by atoms with Gasteiger partial charge in [0, 0.05) is 49.6 Å². The van der Waals surface area contributed by atoms with Gasteiger partial charge in [-0.1, -0.05) is 12.1 Å². The van der Waals surface area contributed by atoms with Gasteiger partial charge in [0.05, 0.1) is 24.9 Å². The Morgan fingerprint density at radius 1 is 1.22 bits per heavy atom. The van der Waals surface area contributed by atoms with E-state index in [-0.39, 0.29) is 17.3 Å². The lowest BCUT2D eigenvalue weighted by Crippen LogP contribution is -2.42. The Balaban J connectivity index is 1.93. The van der Waals surface area contributed by atoms with Crippen LogP contribution in [0.15, 0.2) is 41.3 Å². The third-order valence-corrected chi connectivity index (χ3v) is 5.67. The van der Waals surface area contributed by atoms with Crippen LogP contribution >= 0.6 is 0 Å². The molecule has 2 N–H and O–H groups in total. The molecule has 2 aromatic heterocycles. The first-order valence-corrected chi connectivity index (χ1v) is 10.2. The van der Waals surface area contributed by atoms with Crippen LogP contribution in [0.3, 0.4) is 0 Å². The lowest BCUT2D eigenvalue weighted by molar-refractivity contribution is 0.398. The first-order valence-electron chi connectivity index (χ1n) is 10.2. The van der Waals surface area contributed by atoms with Crippen LogP contribution in [0.4, 0.5) is 16.0 Å². The summed E-state index contributed by atoms with van der Waals surface area (Å²) in [7, 11) is 3.18. The number of ether oxygens (including phenoxy) is 1.